The van der Waals surface area contributed by atoms with Crippen molar-refractivity contribution in [3.05, 3.63) is 167 Å². The molecule has 39 heteroatoms. The van der Waals surface area contributed by atoms with Crippen molar-refractivity contribution in [1.82, 2.24) is 0 Å². The number of ether oxygens (including phenoxy) is 8. The summed E-state index contributed by atoms with van der Waals surface area (Å²) in [6.45, 7) is 8.00. The van der Waals surface area contributed by atoms with Gasteiger partial charge in [-0.05, 0) is 241 Å². The van der Waals surface area contributed by atoms with Crippen LogP contribution in [0.1, 0.15) is 41.5 Å². The number of carbonyl (C=O) groups excluding carboxylic acids is 2. The van der Waals surface area contributed by atoms with Crippen molar-refractivity contribution in [2.45, 2.75) is 90.5 Å². The topological polar surface area (TPSA) is 257 Å². The number of carboxylic acids is 4. The summed E-state index contributed by atoms with van der Waals surface area (Å²) in [5, 5.41) is 35.3. The van der Waals surface area contributed by atoms with Crippen LogP contribution in [0, 0.1) is 28.2 Å². The van der Waals surface area contributed by atoms with E-state index in [1.165, 1.54) is 96.1 Å². The summed E-state index contributed by atoms with van der Waals surface area (Å²) in [7, 11) is 0. The fraction of sp³-hybridized carbons (Fsp3) is 0.276. The minimum atomic E-state index is -4.99. The minimum absolute atomic E-state index is 0. The number of rotatable bonds is 20. The standard InChI is InChI=1S/C11H9BrF4O3.C11H10BrF3O3.C9H8BrClO3.C9H8ClIO3.2C9H8FIO3.4H2S/c1-2-18-10(17)9(11(14,15)16)19-8-4-3-6(12)5-7(8)13;1-2-17-10(16)9(11(13,14)15)18-8-5-3-7(12)4-6-8;4*1-5(9(12)13)14-8-3-2-6(11)4-7(8)10;;;;/h3-5,9H,2H2,1H3;3-6,9H,2H2,1H3;4*2-5H,1H3,(H,12,13);4*1H2/t;;4*5-;;;;/m..0000..../s1. The van der Waals surface area contributed by atoms with Gasteiger partial charge in [0.05, 0.1) is 22.7 Å². The van der Waals surface area contributed by atoms with E-state index >= 15 is 0 Å². The lowest BCUT2D eigenvalue weighted by Gasteiger charge is -2.20. The SMILES string of the molecule is CCOC(=O)C(Oc1ccc(Br)cc1)C(F)(F)F.CCOC(=O)C(Oc1ccc(Br)cc1F)C(F)(F)F.C[C@H](Oc1ccc(Cl)cc1Br)C(=O)O.C[C@H](Oc1ccc(I)cc1Cl)C(=O)O.C[C@H](Oc1ccc(I)cc1F)C(=O)O.C[C@H](Oc1ccc(I)cc1F)C(=O)O.S.S.S.S. The lowest BCUT2D eigenvalue weighted by molar-refractivity contribution is -0.212. The second kappa shape index (κ2) is 49.5. The zero-order valence-corrected chi connectivity index (χ0v) is 67.0. The van der Waals surface area contributed by atoms with Crippen molar-refractivity contribution in [2.24, 2.45) is 0 Å². The monoisotopic (exact) mass is 2030 g/mol. The maximum atomic E-state index is 13.4. The third-order valence-electron chi connectivity index (χ3n) is 9.98. The molecule has 0 saturated carbocycles. The van der Waals surface area contributed by atoms with Crippen LogP contribution in [-0.2, 0) is 38.2 Å². The summed E-state index contributed by atoms with van der Waals surface area (Å²) in [5.74, 6) is -9.43. The molecule has 0 fully saturated rings. The number of hydrogen-bond donors (Lipinski definition) is 4. The quantitative estimate of drug-likeness (QED) is 0.0315. The van der Waals surface area contributed by atoms with Crippen LogP contribution >= 0.6 is 193 Å². The molecule has 18 nitrogen and oxygen atoms in total. The van der Waals surface area contributed by atoms with Gasteiger partial charge < -0.3 is 58.3 Å². The van der Waals surface area contributed by atoms with Crippen molar-refractivity contribution in [3.8, 4) is 34.5 Å². The normalized spacial score (nSPS) is 12.0. The first-order valence-corrected chi connectivity index (χ1v) is 31.9. The minimum Gasteiger partial charge on any atom is -0.479 e. The molecule has 0 saturated heterocycles. The second-order valence-electron chi connectivity index (χ2n) is 17.3. The Morgan fingerprint density at radius 1 is 0.433 bits per heavy atom. The van der Waals surface area contributed by atoms with Gasteiger partial charge in [-0.2, -0.15) is 80.3 Å². The Morgan fingerprint density at radius 2 is 0.742 bits per heavy atom. The smallest absolute Gasteiger partial charge is 0.436 e. The molecule has 6 atom stereocenters. The average molecular weight is 2030 g/mol. The van der Waals surface area contributed by atoms with Crippen molar-refractivity contribution in [2.75, 3.05) is 13.2 Å². The Hall–Kier alpha value is -4.08. The van der Waals surface area contributed by atoms with E-state index in [9.17, 15) is 68.3 Å². The van der Waals surface area contributed by atoms with E-state index < -0.39 is 108 Å². The molecule has 0 aliphatic heterocycles. The van der Waals surface area contributed by atoms with Crippen LogP contribution in [0.4, 0.5) is 39.5 Å². The Morgan fingerprint density at radius 3 is 1.08 bits per heavy atom. The molecule has 0 amide bonds. The molecule has 0 bridgehead atoms. The number of esters is 2. The summed E-state index contributed by atoms with van der Waals surface area (Å²) in [6.07, 6.45) is -19.2. The van der Waals surface area contributed by atoms with Gasteiger partial charge in [-0.3, -0.25) is 0 Å². The Kier molecular flexibility index (Phi) is 50.7. The maximum Gasteiger partial charge on any atom is 0.436 e. The lowest BCUT2D eigenvalue weighted by atomic mass is 10.3. The highest BCUT2D eigenvalue weighted by molar-refractivity contribution is 14.1. The molecule has 4 N–H and O–H groups in total. The Labute approximate surface area is 653 Å². The number of alkyl halides is 6. The number of benzene rings is 6. The third-order valence-corrected chi connectivity index (χ3v) is 14.2. The van der Waals surface area contributed by atoms with Crippen LogP contribution in [0.2, 0.25) is 10.0 Å². The predicted octanol–water partition coefficient (Wildman–Crippen LogP) is 17.5. The summed E-state index contributed by atoms with van der Waals surface area (Å²) >= 11 is 26.9. The second-order valence-corrected chi connectivity index (χ2v) is 24.6. The Balaban J connectivity index is -0.000000533. The first-order chi connectivity index (χ1) is 43.1. The molecule has 0 spiro atoms. The van der Waals surface area contributed by atoms with Crippen LogP contribution < -0.4 is 28.4 Å². The molecule has 542 valence electrons. The first kappa shape index (κ1) is 99.3. The van der Waals surface area contributed by atoms with Crippen molar-refractivity contribution >= 4 is 229 Å². The van der Waals surface area contributed by atoms with Crippen molar-refractivity contribution in [3.63, 3.8) is 0 Å². The predicted molar refractivity (Wildman–Crippen MR) is 396 cm³/mol. The fourth-order valence-electron chi connectivity index (χ4n) is 5.53. The van der Waals surface area contributed by atoms with Gasteiger partial charge in [-0.25, -0.2) is 41.9 Å². The molecular weight excluding hydrogens is 1980 g/mol. The van der Waals surface area contributed by atoms with Gasteiger partial charge in [0.1, 0.15) is 17.2 Å². The van der Waals surface area contributed by atoms with E-state index in [1.54, 1.807) is 48.5 Å². The van der Waals surface area contributed by atoms with Crippen molar-refractivity contribution < 1.29 is 127 Å². The summed E-state index contributed by atoms with van der Waals surface area (Å²) in [6, 6.07) is 27.6. The number of carbonyl (C=O) groups is 6. The molecular formula is C58H59Br3Cl2F9I3O18S4. The van der Waals surface area contributed by atoms with Gasteiger partial charge in [0.25, 0.3) is 12.2 Å². The van der Waals surface area contributed by atoms with Crippen LogP contribution in [0.5, 0.6) is 34.5 Å². The molecule has 0 radical (unpaired) electrons. The number of aliphatic carboxylic acids is 4. The Bertz CT molecular complexity index is 3190. The van der Waals surface area contributed by atoms with Gasteiger partial charge in [0.2, 0.25) is 0 Å². The van der Waals surface area contributed by atoms with Crippen LogP contribution in [0.25, 0.3) is 0 Å². The molecule has 6 rings (SSSR count). The highest BCUT2D eigenvalue weighted by Crippen LogP contribution is 2.32. The summed E-state index contributed by atoms with van der Waals surface area (Å²) in [5.41, 5.74) is 0. The van der Waals surface area contributed by atoms with Gasteiger partial charge in [-0.1, -0.05) is 55.1 Å². The van der Waals surface area contributed by atoms with Crippen LogP contribution in [0.15, 0.2) is 129 Å². The van der Waals surface area contributed by atoms with Gasteiger partial charge in [0, 0.05) is 24.7 Å². The van der Waals surface area contributed by atoms with Gasteiger partial charge >= 0.3 is 48.2 Å². The molecule has 97 heavy (non-hydrogen) atoms. The number of halogens is 17. The third kappa shape index (κ3) is 39.6. The molecule has 6 aromatic carbocycles. The van der Waals surface area contributed by atoms with E-state index in [4.69, 9.17) is 62.6 Å². The molecule has 0 aliphatic rings. The lowest BCUT2D eigenvalue weighted by Crippen LogP contribution is -2.42. The van der Waals surface area contributed by atoms with Gasteiger partial charge in [-0.15, -0.1) is 0 Å². The molecule has 2 unspecified atom stereocenters. The van der Waals surface area contributed by atoms with Crippen LogP contribution in [0.3, 0.4) is 0 Å². The molecule has 6 aromatic rings. The summed E-state index contributed by atoms with van der Waals surface area (Å²) in [4.78, 5) is 64.3. The van der Waals surface area contributed by atoms with E-state index in [0.29, 0.717) is 35.0 Å². The molecule has 0 heterocycles. The highest BCUT2D eigenvalue weighted by atomic mass is 127. The fourth-order valence-corrected chi connectivity index (χ4v) is 8.71. The average Bonchev–Trinajstić information content (AvgIpc) is 0.897. The van der Waals surface area contributed by atoms with E-state index in [0.717, 1.165) is 22.8 Å². The zero-order chi connectivity index (χ0) is 71.2. The highest BCUT2D eigenvalue weighted by Gasteiger charge is 2.49. The number of carboxylic acid groups (broad SMARTS) is 4. The molecule has 0 aliphatic carbocycles. The number of hydrogen-bond acceptors (Lipinski definition) is 14. The molecule has 0 aromatic heterocycles. The van der Waals surface area contributed by atoms with Crippen molar-refractivity contribution in [1.29, 1.82) is 0 Å². The van der Waals surface area contributed by atoms with Gasteiger partial charge in [0.15, 0.2) is 59.1 Å². The van der Waals surface area contributed by atoms with E-state index in [1.807, 2.05) is 45.2 Å². The summed E-state index contributed by atoms with van der Waals surface area (Å²) < 4.78 is 157. The van der Waals surface area contributed by atoms with E-state index in [2.05, 4.69) is 89.3 Å². The van der Waals surface area contributed by atoms with E-state index in [-0.39, 0.29) is 84.4 Å². The maximum absolute atomic E-state index is 13.4. The largest absolute Gasteiger partial charge is 0.479 e. The first-order valence-electron chi connectivity index (χ1n) is 25.5. The zero-order valence-electron chi connectivity index (χ0n) is 50.3. The van der Waals surface area contributed by atoms with Crippen LogP contribution in [-0.4, -0.2) is 118 Å².